The van der Waals surface area contributed by atoms with Crippen molar-refractivity contribution in [2.75, 3.05) is 19.6 Å². The highest BCUT2D eigenvalue weighted by Crippen LogP contribution is 2.25. The average Bonchev–Trinajstić information content (AvgIpc) is 3.24. The summed E-state index contributed by atoms with van der Waals surface area (Å²) in [7, 11) is 0. The maximum Gasteiger partial charge on any atom is 0.251 e. The van der Waals surface area contributed by atoms with Crippen molar-refractivity contribution in [1.82, 2.24) is 10.2 Å². The van der Waals surface area contributed by atoms with Crippen molar-refractivity contribution in [2.24, 2.45) is 0 Å². The first-order chi connectivity index (χ1) is 11.1. The summed E-state index contributed by atoms with van der Waals surface area (Å²) in [5.74, 6) is 0.709. The Hall–Kier alpha value is -1.49. The molecule has 1 amide bonds. The molecule has 0 aliphatic carbocycles. The highest BCUT2D eigenvalue weighted by molar-refractivity contribution is 6.42. The van der Waals surface area contributed by atoms with Crippen LogP contribution in [0.2, 0.25) is 10.0 Å². The van der Waals surface area contributed by atoms with Crippen LogP contribution in [0.4, 0.5) is 0 Å². The third kappa shape index (κ3) is 3.89. The van der Waals surface area contributed by atoms with Crippen LogP contribution in [0.1, 0.15) is 35.0 Å². The van der Waals surface area contributed by atoms with Gasteiger partial charge in [0.1, 0.15) is 5.76 Å². The Bertz CT molecular complexity index is 667. The number of benzene rings is 1. The Morgan fingerprint density at radius 2 is 2.00 bits per heavy atom. The van der Waals surface area contributed by atoms with Gasteiger partial charge in [-0.2, -0.15) is 0 Å². The summed E-state index contributed by atoms with van der Waals surface area (Å²) < 4.78 is 5.55. The molecule has 1 aliphatic rings. The molecule has 6 heteroatoms. The van der Waals surface area contributed by atoms with Crippen LogP contribution in [0.5, 0.6) is 0 Å². The van der Waals surface area contributed by atoms with Crippen molar-refractivity contribution in [3.05, 3.63) is 58.0 Å². The summed E-state index contributed by atoms with van der Waals surface area (Å²) in [5.41, 5.74) is 0.499. The first-order valence-corrected chi connectivity index (χ1v) is 8.41. The lowest BCUT2D eigenvalue weighted by atomic mass is 10.1. The van der Waals surface area contributed by atoms with Crippen LogP contribution in [0.15, 0.2) is 41.0 Å². The van der Waals surface area contributed by atoms with Crippen molar-refractivity contribution in [2.45, 2.75) is 18.9 Å². The largest absolute Gasteiger partial charge is 0.468 e. The average molecular weight is 353 g/mol. The number of halogens is 2. The van der Waals surface area contributed by atoms with Crippen molar-refractivity contribution in [3.8, 4) is 0 Å². The van der Waals surface area contributed by atoms with Gasteiger partial charge in [0, 0.05) is 12.1 Å². The van der Waals surface area contributed by atoms with Gasteiger partial charge in [0.2, 0.25) is 0 Å². The van der Waals surface area contributed by atoms with E-state index in [1.165, 1.54) is 12.8 Å². The number of hydrogen-bond donors (Lipinski definition) is 1. The minimum atomic E-state index is -0.167. The Morgan fingerprint density at radius 1 is 1.22 bits per heavy atom. The zero-order valence-electron chi connectivity index (χ0n) is 12.6. The zero-order valence-corrected chi connectivity index (χ0v) is 14.1. The van der Waals surface area contributed by atoms with E-state index in [1.54, 1.807) is 24.5 Å². The van der Waals surface area contributed by atoms with Gasteiger partial charge in [-0.3, -0.25) is 9.69 Å². The van der Waals surface area contributed by atoms with Gasteiger partial charge in [-0.05, 0) is 56.3 Å². The molecule has 1 saturated heterocycles. The standard InChI is InChI=1S/C17H18Cl2N2O2/c18-13-6-5-12(10-14(13)19)17(22)20-11-15(16-4-3-9-23-16)21-7-1-2-8-21/h3-6,9-10,15H,1-2,7-8,11H2,(H,20,22)/t15-/m1/s1. The minimum Gasteiger partial charge on any atom is -0.468 e. The van der Waals surface area contributed by atoms with Gasteiger partial charge in [0.15, 0.2) is 0 Å². The Morgan fingerprint density at radius 3 is 2.65 bits per heavy atom. The summed E-state index contributed by atoms with van der Waals surface area (Å²) >= 11 is 11.9. The van der Waals surface area contributed by atoms with Crippen LogP contribution in [-0.2, 0) is 0 Å². The molecule has 0 saturated carbocycles. The van der Waals surface area contributed by atoms with Crippen LogP contribution in [-0.4, -0.2) is 30.4 Å². The van der Waals surface area contributed by atoms with E-state index in [4.69, 9.17) is 27.6 Å². The minimum absolute atomic E-state index is 0.0548. The first-order valence-electron chi connectivity index (χ1n) is 7.66. The molecular formula is C17H18Cl2N2O2. The fraction of sp³-hybridized carbons (Fsp3) is 0.353. The zero-order chi connectivity index (χ0) is 16.2. The predicted molar refractivity (Wildman–Crippen MR) is 91.1 cm³/mol. The number of carbonyl (C=O) groups is 1. The third-order valence-electron chi connectivity index (χ3n) is 4.09. The maximum atomic E-state index is 12.3. The lowest BCUT2D eigenvalue weighted by molar-refractivity contribution is 0.0934. The molecule has 1 aromatic carbocycles. The molecule has 4 nitrogen and oxygen atoms in total. The second-order valence-electron chi connectivity index (χ2n) is 5.61. The van der Waals surface area contributed by atoms with Gasteiger partial charge in [0.05, 0.1) is 22.4 Å². The second kappa shape index (κ2) is 7.39. The smallest absolute Gasteiger partial charge is 0.251 e. The molecule has 0 spiro atoms. The van der Waals surface area contributed by atoms with Gasteiger partial charge in [-0.25, -0.2) is 0 Å². The monoisotopic (exact) mass is 352 g/mol. The van der Waals surface area contributed by atoms with Crippen LogP contribution in [0.3, 0.4) is 0 Å². The summed E-state index contributed by atoms with van der Waals surface area (Å²) in [6, 6.07) is 8.76. The lowest BCUT2D eigenvalue weighted by Gasteiger charge is -2.26. The number of furan rings is 1. The van der Waals surface area contributed by atoms with Gasteiger partial charge >= 0.3 is 0 Å². The normalized spacial score (nSPS) is 16.4. The number of amides is 1. The van der Waals surface area contributed by atoms with Crippen LogP contribution < -0.4 is 5.32 Å². The summed E-state index contributed by atoms with van der Waals surface area (Å²) in [5, 5.41) is 3.78. The Labute approximate surface area is 145 Å². The number of carbonyl (C=O) groups excluding carboxylic acids is 1. The van der Waals surface area contributed by atoms with E-state index in [1.807, 2.05) is 12.1 Å². The fourth-order valence-electron chi connectivity index (χ4n) is 2.87. The topological polar surface area (TPSA) is 45.5 Å². The fourth-order valence-corrected chi connectivity index (χ4v) is 3.17. The van der Waals surface area contributed by atoms with Crippen LogP contribution in [0, 0.1) is 0 Å². The molecule has 122 valence electrons. The molecule has 0 radical (unpaired) electrons. The molecule has 3 rings (SSSR count). The van der Waals surface area contributed by atoms with Gasteiger partial charge in [-0.15, -0.1) is 0 Å². The molecule has 1 aromatic heterocycles. The van der Waals surface area contributed by atoms with Crippen molar-refractivity contribution in [1.29, 1.82) is 0 Å². The number of nitrogens with one attached hydrogen (secondary N) is 1. The van der Waals surface area contributed by atoms with Gasteiger partial charge < -0.3 is 9.73 Å². The van der Waals surface area contributed by atoms with Crippen LogP contribution in [0.25, 0.3) is 0 Å². The van der Waals surface area contributed by atoms with E-state index in [2.05, 4.69) is 10.2 Å². The van der Waals surface area contributed by atoms with Crippen molar-refractivity contribution in [3.63, 3.8) is 0 Å². The second-order valence-corrected chi connectivity index (χ2v) is 6.43. The highest BCUT2D eigenvalue weighted by Gasteiger charge is 2.26. The summed E-state index contributed by atoms with van der Waals surface area (Å²) in [6.45, 7) is 2.54. The quantitative estimate of drug-likeness (QED) is 0.878. The molecule has 1 aliphatic heterocycles. The first kappa shape index (κ1) is 16.4. The summed E-state index contributed by atoms with van der Waals surface area (Å²) in [6.07, 6.45) is 4.02. The molecule has 1 fully saturated rings. The van der Waals surface area contributed by atoms with Gasteiger partial charge in [0.25, 0.3) is 5.91 Å². The third-order valence-corrected chi connectivity index (χ3v) is 4.83. The lowest BCUT2D eigenvalue weighted by Crippen LogP contribution is -2.36. The van der Waals surface area contributed by atoms with E-state index in [0.29, 0.717) is 22.2 Å². The molecule has 0 bridgehead atoms. The molecule has 0 unspecified atom stereocenters. The number of hydrogen-bond acceptors (Lipinski definition) is 3. The van der Waals surface area contributed by atoms with Crippen molar-refractivity contribution < 1.29 is 9.21 Å². The molecule has 1 atom stereocenters. The van der Waals surface area contributed by atoms with E-state index >= 15 is 0 Å². The number of likely N-dealkylation sites (tertiary alicyclic amines) is 1. The number of nitrogens with zero attached hydrogens (tertiary/aromatic N) is 1. The maximum absolute atomic E-state index is 12.3. The molecule has 1 N–H and O–H groups in total. The van der Waals surface area contributed by atoms with Crippen molar-refractivity contribution >= 4 is 29.1 Å². The molecule has 2 heterocycles. The molecular weight excluding hydrogens is 335 g/mol. The SMILES string of the molecule is O=C(NC[C@H](c1ccco1)N1CCCC1)c1ccc(Cl)c(Cl)c1. The molecule has 2 aromatic rings. The van der Waals surface area contributed by atoms with E-state index in [9.17, 15) is 4.79 Å². The van der Waals surface area contributed by atoms with Crippen LogP contribution >= 0.6 is 23.2 Å². The Balaban J connectivity index is 1.68. The van der Waals surface area contributed by atoms with Gasteiger partial charge in [-0.1, -0.05) is 23.2 Å². The Kier molecular flexibility index (Phi) is 5.26. The van der Waals surface area contributed by atoms with E-state index in [-0.39, 0.29) is 11.9 Å². The van der Waals surface area contributed by atoms with E-state index < -0.39 is 0 Å². The van der Waals surface area contributed by atoms with E-state index in [0.717, 1.165) is 18.8 Å². The predicted octanol–water partition coefficient (Wildman–Crippen LogP) is 4.15. The molecule has 23 heavy (non-hydrogen) atoms. The number of rotatable bonds is 5. The highest BCUT2D eigenvalue weighted by atomic mass is 35.5. The summed E-state index contributed by atoms with van der Waals surface area (Å²) in [4.78, 5) is 14.7.